The Kier molecular flexibility index (Phi) is 8.56. The minimum Gasteiger partial charge on any atom is -0.351 e. The molecule has 3 atom stereocenters. The zero-order chi connectivity index (χ0) is 17.3. The molecule has 1 saturated carbocycles. The Morgan fingerprint density at radius 2 is 1.75 bits per heavy atom. The Labute approximate surface area is 149 Å². The molecule has 3 unspecified atom stereocenters. The van der Waals surface area contributed by atoms with Crippen molar-refractivity contribution in [1.29, 1.82) is 5.26 Å². The van der Waals surface area contributed by atoms with E-state index in [1.54, 1.807) is 0 Å². The van der Waals surface area contributed by atoms with Gasteiger partial charge in [0, 0.05) is 5.92 Å². The molecule has 3 heteroatoms. The van der Waals surface area contributed by atoms with Gasteiger partial charge in [-0.25, -0.2) is 0 Å². The van der Waals surface area contributed by atoms with Crippen LogP contribution in [0.3, 0.4) is 0 Å². The van der Waals surface area contributed by atoms with E-state index >= 15 is 0 Å². The van der Waals surface area contributed by atoms with Gasteiger partial charge in [-0.05, 0) is 25.7 Å². The molecule has 0 amide bonds. The summed E-state index contributed by atoms with van der Waals surface area (Å²) >= 11 is 0. The van der Waals surface area contributed by atoms with E-state index in [0.29, 0.717) is 12.5 Å². The number of ether oxygens (including phenoxy) is 2. The van der Waals surface area contributed by atoms with Crippen LogP contribution >= 0.6 is 0 Å². The third-order valence-electron chi connectivity index (χ3n) is 5.95. The predicted molar refractivity (Wildman–Crippen MR) is 97.5 cm³/mol. The highest BCUT2D eigenvalue weighted by Crippen LogP contribution is 2.41. The fourth-order valence-corrected chi connectivity index (χ4v) is 4.35. The number of nitriles is 1. The molecule has 24 heavy (non-hydrogen) atoms. The van der Waals surface area contributed by atoms with Crippen LogP contribution in [0.25, 0.3) is 0 Å². The second-order valence-corrected chi connectivity index (χ2v) is 7.92. The van der Waals surface area contributed by atoms with Gasteiger partial charge in [0.15, 0.2) is 6.29 Å². The zero-order valence-electron chi connectivity index (χ0n) is 15.9. The molecular formula is C21H37NO2. The van der Waals surface area contributed by atoms with Crippen LogP contribution in [0.5, 0.6) is 0 Å². The van der Waals surface area contributed by atoms with Gasteiger partial charge in [0.2, 0.25) is 0 Å². The SMILES string of the molecule is CCCCCCCC1(C#N)COC(C2CCCCC2)OC1CCC. The molecule has 2 rings (SSSR count). The van der Waals surface area contributed by atoms with Gasteiger partial charge in [-0.3, -0.25) is 0 Å². The maximum absolute atomic E-state index is 9.93. The van der Waals surface area contributed by atoms with E-state index in [1.165, 1.54) is 57.8 Å². The van der Waals surface area contributed by atoms with Gasteiger partial charge in [0.05, 0.1) is 18.8 Å². The second kappa shape index (κ2) is 10.4. The highest BCUT2D eigenvalue weighted by Gasteiger charge is 2.46. The molecular weight excluding hydrogens is 298 g/mol. The van der Waals surface area contributed by atoms with Gasteiger partial charge >= 0.3 is 0 Å². The lowest BCUT2D eigenvalue weighted by molar-refractivity contribution is -0.278. The molecule has 138 valence electrons. The average molecular weight is 336 g/mol. The zero-order valence-corrected chi connectivity index (χ0v) is 15.9. The normalized spacial score (nSPS) is 31.7. The maximum Gasteiger partial charge on any atom is 0.160 e. The van der Waals surface area contributed by atoms with E-state index in [2.05, 4.69) is 19.9 Å². The van der Waals surface area contributed by atoms with Crippen molar-refractivity contribution in [3.05, 3.63) is 0 Å². The van der Waals surface area contributed by atoms with Gasteiger partial charge < -0.3 is 9.47 Å². The van der Waals surface area contributed by atoms with Crippen LogP contribution < -0.4 is 0 Å². The molecule has 1 aliphatic carbocycles. The Balaban J connectivity index is 1.93. The Morgan fingerprint density at radius 1 is 1.00 bits per heavy atom. The lowest BCUT2D eigenvalue weighted by Crippen LogP contribution is -2.50. The Bertz CT molecular complexity index is 386. The fourth-order valence-electron chi connectivity index (χ4n) is 4.35. The molecule has 0 aromatic carbocycles. The Hall–Kier alpha value is -0.590. The fraction of sp³-hybridized carbons (Fsp3) is 0.952. The Morgan fingerprint density at radius 3 is 2.42 bits per heavy atom. The van der Waals surface area contributed by atoms with Crippen LogP contribution in [0, 0.1) is 22.7 Å². The van der Waals surface area contributed by atoms with Crippen LogP contribution in [0.2, 0.25) is 0 Å². The van der Waals surface area contributed by atoms with Crippen LogP contribution in [-0.2, 0) is 9.47 Å². The summed E-state index contributed by atoms with van der Waals surface area (Å²) in [6.07, 6.45) is 15.5. The summed E-state index contributed by atoms with van der Waals surface area (Å²) in [7, 11) is 0. The highest BCUT2D eigenvalue weighted by atomic mass is 16.7. The summed E-state index contributed by atoms with van der Waals surface area (Å²) < 4.78 is 12.5. The number of hydrogen-bond donors (Lipinski definition) is 0. The van der Waals surface area contributed by atoms with E-state index in [9.17, 15) is 5.26 Å². The smallest absolute Gasteiger partial charge is 0.160 e. The molecule has 1 saturated heterocycles. The van der Waals surface area contributed by atoms with E-state index < -0.39 is 5.41 Å². The molecule has 0 spiro atoms. The lowest BCUT2D eigenvalue weighted by Gasteiger charge is -2.45. The minimum atomic E-state index is -0.423. The summed E-state index contributed by atoms with van der Waals surface area (Å²) in [5.74, 6) is 0.541. The van der Waals surface area contributed by atoms with Crippen molar-refractivity contribution in [2.24, 2.45) is 11.3 Å². The summed E-state index contributed by atoms with van der Waals surface area (Å²) in [5, 5.41) is 9.93. The van der Waals surface area contributed by atoms with Gasteiger partial charge in [-0.1, -0.05) is 71.6 Å². The van der Waals surface area contributed by atoms with Crippen molar-refractivity contribution >= 4 is 0 Å². The van der Waals surface area contributed by atoms with Crippen LogP contribution in [0.4, 0.5) is 0 Å². The molecule has 0 N–H and O–H groups in total. The highest BCUT2D eigenvalue weighted by molar-refractivity contribution is 5.06. The predicted octanol–water partition coefficient (Wildman–Crippen LogP) is 5.98. The molecule has 1 heterocycles. The second-order valence-electron chi connectivity index (χ2n) is 7.92. The van der Waals surface area contributed by atoms with Gasteiger partial charge in [0.25, 0.3) is 0 Å². The van der Waals surface area contributed by atoms with E-state index in [1.807, 2.05) is 0 Å². The molecule has 0 aromatic heterocycles. The minimum absolute atomic E-state index is 0.0550. The van der Waals surface area contributed by atoms with Gasteiger partial charge in [0.1, 0.15) is 5.41 Å². The third-order valence-corrected chi connectivity index (χ3v) is 5.95. The van der Waals surface area contributed by atoms with Crippen LogP contribution in [0.15, 0.2) is 0 Å². The molecule has 2 fully saturated rings. The van der Waals surface area contributed by atoms with Crippen LogP contribution in [0.1, 0.15) is 97.3 Å². The first-order chi connectivity index (χ1) is 11.8. The molecule has 1 aliphatic heterocycles. The average Bonchev–Trinajstić information content (AvgIpc) is 2.63. The monoisotopic (exact) mass is 335 g/mol. The number of unbranched alkanes of at least 4 members (excludes halogenated alkanes) is 4. The molecule has 0 bridgehead atoms. The van der Waals surface area contributed by atoms with Crippen molar-refractivity contribution in [1.82, 2.24) is 0 Å². The first kappa shape index (κ1) is 19.7. The lowest BCUT2D eigenvalue weighted by atomic mass is 9.76. The van der Waals surface area contributed by atoms with Crippen molar-refractivity contribution in [2.45, 2.75) is 110 Å². The van der Waals surface area contributed by atoms with E-state index in [-0.39, 0.29) is 12.4 Å². The van der Waals surface area contributed by atoms with E-state index in [4.69, 9.17) is 9.47 Å². The number of rotatable bonds is 9. The summed E-state index contributed by atoms with van der Waals surface area (Å²) in [5.41, 5.74) is -0.423. The summed E-state index contributed by atoms with van der Waals surface area (Å²) in [4.78, 5) is 0. The van der Waals surface area contributed by atoms with Gasteiger partial charge in [-0.2, -0.15) is 5.26 Å². The van der Waals surface area contributed by atoms with Crippen molar-refractivity contribution < 1.29 is 9.47 Å². The number of nitrogens with zero attached hydrogens (tertiary/aromatic N) is 1. The maximum atomic E-state index is 9.93. The van der Waals surface area contributed by atoms with E-state index in [0.717, 1.165) is 25.7 Å². The summed E-state index contributed by atoms with van der Waals surface area (Å²) in [6.45, 7) is 5.00. The molecule has 2 aliphatic rings. The number of hydrogen-bond acceptors (Lipinski definition) is 3. The van der Waals surface area contributed by atoms with Crippen LogP contribution in [-0.4, -0.2) is 19.0 Å². The first-order valence-corrected chi connectivity index (χ1v) is 10.4. The molecule has 3 nitrogen and oxygen atoms in total. The third kappa shape index (κ3) is 5.20. The quantitative estimate of drug-likeness (QED) is 0.487. The van der Waals surface area contributed by atoms with Crippen molar-refractivity contribution in [3.8, 4) is 6.07 Å². The molecule has 0 radical (unpaired) electrons. The largest absolute Gasteiger partial charge is 0.351 e. The molecule has 0 aromatic rings. The standard InChI is InChI=1S/C21H37NO2/c1-3-5-6-7-11-15-21(16-22)17-23-20(24-19(21)12-4-2)18-13-9-8-10-14-18/h18-20H,3-15,17H2,1-2H3. The summed E-state index contributed by atoms with van der Waals surface area (Å²) in [6, 6.07) is 2.62. The van der Waals surface area contributed by atoms with Crippen molar-refractivity contribution in [3.63, 3.8) is 0 Å². The van der Waals surface area contributed by atoms with Crippen molar-refractivity contribution in [2.75, 3.05) is 6.61 Å². The first-order valence-electron chi connectivity index (χ1n) is 10.4. The topological polar surface area (TPSA) is 42.2 Å². The van der Waals surface area contributed by atoms with Gasteiger partial charge in [-0.15, -0.1) is 0 Å².